The van der Waals surface area contributed by atoms with Crippen molar-refractivity contribution in [3.05, 3.63) is 48.5 Å². The van der Waals surface area contributed by atoms with Crippen LogP contribution in [-0.4, -0.2) is 44.6 Å². The second kappa shape index (κ2) is 6.12. The maximum absolute atomic E-state index is 13.5. The molecule has 1 aromatic carbocycles. The first kappa shape index (κ1) is 16.0. The number of benzene rings is 1. The fourth-order valence-electron chi connectivity index (χ4n) is 3.11. The van der Waals surface area contributed by atoms with Gasteiger partial charge in [-0.25, -0.2) is 17.8 Å². The minimum absolute atomic E-state index is 0.0612. The lowest BCUT2D eigenvalue weighted by Crippen LogP contribution is -2.44. The van der Waals surface area contributed by atoms with Crippen LogP contribution in [0.5, 0.6) is 0 Å². The molecular weight excluding hydrogens is 343 g/mol. The summed E-state index contributed by atoms with van der Waals surface area (Å²) in [5, 5.41) is 3.84. The highest BCUT2D eigenvalue weighted by Gasteiger charge is 2.24. The third kappa shape index (κ3) is 2.77. The van der Waals surface area contributed by atoms with Gasteiger partial charge in [0.15, 0.2) is 5.82 Å². The van der Waals surface area contributed by atoms with E-state index in [2.05, 4.69) is 20.2 Å². The Morgan fingerprint density at radius 3 is 2.72 bits per heavy atom. The number of aromatic amines is 1. The molecule has 1 aliphatic rings. The van der Waals surface area contributed by atoms with E-state index in [1.54, 1.807) is 12.3 Å². The molecule has 0 spiro atoms. The van der Waals surface area contributed by atoms with E-state index in [1.807, 2.05) is 0 Å². The zero-order chi connectivity index (χ0) is 17.4. The number of aromatic nitrogens is 2. The van der Waals surface area contributed by atoms with Crippen LogP contribution in [0.15, 0.2) is 52.5 Å². The summed E-state index contributed by atoms with van der Waals surface area (Å²) in [5.41, 5.74) is 0.680. The van der Waals surface area contributed by atoms with Gasteiger partial charge in [0, 0.05) is 44.0 Å². The molecule has 0 atom stereocenters. The van der Waals surface area contributed by atoms with Crippen molar-refractivity contribution < 1.29 is 12.8 Å². The number of anilines is 1. The Balaban J connectivity index is 1.84. The fourth-order valence-corrected chi connectivity index (χ4v) is 4.57. The number of halogens is 1. The number of hydrogen-bond donors (Lipinski definition) is 2. The molecule has 0 unspecified atom stereocenters. The normalized spacial score (nSPS) is 15.6. The molecule has 0 saturated carbocycles. The number of piperazine rings is 1. The monoisotopic (exact) mass is 360 g/mol. The molecule has 2 aromatic heterocycles. The van der Waals surface area contributed by atoms with Gasteiger partial charge in [0.25, 0.3) is 0 Å². The van der Waals surface area contributed by atoms with Crippen molar-refractivity contribution in [1.82, 2.24) is 15.3 Å². The van der Waals surface area contributed by atoms with Crippen molar-refractivity contribution in [3.8, 4) is 0 Å². The maximum Gasteiger partial charge on any atom is 0.208 e. The number of pyridine rings is 1. The highest BCUT2D eigenvalue weighted by Crippen LogP contribution is 2.32. The molecule has 25 heavy (non-hydrogen) atoms. The van der Waals surface area contributed by atoms with Crippen molar-refractivity contribution in [2.45, 2.75) is 9.79 Å². The summed E-state index contributed by atoms with van der Waals surface area (Å²) in [5.74, 6) is 0.156. The molecule has 3 aromatic rings. The van der Waals surface area contributed by atoms with E-state index in [0.717, 1.165) is 38.1 Å². The van der Waals surface area contributed by atoms with E-state index >= 15 is 0 Å². The first-order chi connectivity index (χ1) is 12.1. The molecule has 0 radical (unpaired) electrons. The number of fused-ring (bicyclic) bond motifs is 1. The summed E-state index contributed by atoms with van der Waals surface area (Å²) in [6, 6.07) is 6.72. The topological polar surface area (TPSA) is 78.1 Å². The standard InChI is InChI=1S/C17H17FN4O2S/c18-12-2-1-3-13(10-12)25(23,24)15-11-21-16-14(15)4-5-20-17(16)22-8-6-19-7-9-22/h1-5,10-11,19,21H,6-9H2. The number of sulfone groups is 1. The Morgan fingerprint density at radius 2 is 1.96 bits per heavy atom. The lowest BCUT2D eigenvalue weighted by molar-refractivity contribution is 0.586. The van der Waals surface area contributed by atoms with Crippen LogP contribution in [0.2, 0.25) is 0 Å². The SMILES string of the molecule is O=S(=O)(c1cccc(F)c1)c1c[nH]c2c(N3CCNCC3)nccc12. The van der Waals surface area contributed by atoms with Gasteiger partial charge in [-0.3, -0.25) is 0 Å². The van der Waals surface area contributed by atoms with Crippen molar-refractivity contribution in [2.75, 3.05) is 31.1 Å². The van der Waals surface area contributed by atoms with Crippen LogP contribution in [-0.2, 0) is 9.84 Å². The smallest absolute Gasteiger partial charge is 0.208 e. The van der Waals surface area contributed by atoms with E-state index in [1.165, 1.54) is 24.4 Å². The van der Waals surface area contributed by atoms with Crippen LogP contribution < -0.4 is 10.2 Å². The molecule has 2 N–H and O–H groups in total. The van der Waals surface area contributed by atoms with Crippen LogP contribution in [0, 0.1) is 5.82 Å². The van der Waals surface area contributed by atoms with E-state index in [0.29, 0.717) is 10.9 Å². The third-order valence-corrected chi connectivity index (χ3v) is 6.15. The molecule has 130 valence electrons. The Bertz CT molecular complexity index is 1030. The summed E-state index contributed by atoms with van der Waals surface area (Å²) in [4.78, 5) is 9.66. The molecule has 8 heteroatoms. The minimum atomic E-state index is -3.82. The summed E-state index contributed by atoms with van der Waals surface area (Å²) in [7, 11) is -3.82. The van der Waals surface area contributed by atoms with Gasteiger partial charge in [-0.2, -0.15) is 0 Å². The molecule has 1 fully saturated rings. The number of nitrogens with one attached hydrogen (secondary N) is 2. The van der Waals surface area contributed by atoms with Gasteiger partial charge in [-0.05, 0) is 24.3 Å². The van der Waals surface area contributed by atoms with Gasteiger partial charge in [0.05, 0.1) is 15.3 Å². The van der Waals surface area contributed by atoms with Crippen LogP contribution in [0.25, 0.3) is 10.9 Å². The Morgan fingerprint density at radius 1 is 1.16 bits per heavy atom. The third-order valence-electron chi connectivity index (χ3n) is 4.36. The highest BCUT2D eigenvalue weighted by molar-refractivity contribution is 7.91. The van der Waals surface area contributed by atoms with E-state index in [-0.39, 0.29) is 9.79 Å². The first-order valence-corrected chi connectivity index (χ1v) is 9.48. The second-order valence-corrected chi connectivity index (χ2v) is 7.83. The van der Waals surface area contributed by atoms with Gasteiger partial charge in [-0.1, -0.05) is 6.07 Å². The largest absolute Gasteiger partial charge is 0.357 e. The zero-order valence-corrected chi connectivity index (χ0v) is 14.2. The van der Waals surface area contributed by atoms with Crippen LogP contribution in [0.3, 0.4) is 0 Å². The number of rotatable bonds is 3. The molecule has 4 rings (SSSR count). The summed E-state index contributed by atoms with van der Waals surface area (Å²) < 4.78 is 39.3. The molecule has 0 aliphatic carbocycles. The molecule has 1 saturated heterocycles. The van der Waals surface area contributed by atoms with E-state index < -0.39 is 15.7 Å². The fraction of sp³-hybridized carbons (Fsp3) is 0.235. The Kier molecular flexibility index (Phi) is 3.93. The van der Waals surface area contributed by atoms with Crippen molar-refractivity contribution in [1.29, 1.82) is 0 Å². The van der Waals surface area contributed by atoms with Crippen LogP contribution >= 0.6 is 0 Å². The molecule has 0 amide bonds. The second-order valence-electron chi connectivity index (χ2n) is 5.91. The van der Waals surface area contributed by atoms with Gasteiger partial charge in [0.1, 0.15) is 5.82 Å². The van der Waals surface area contributed by atoms with E-state index in [4.69, 9.17) is 0 Å². The van der Waals surface area contributed by atoms with E-state index in [9.17, 15) is 12.8 Å². The maximum atomic E-state index is 13.5. The summed E-state index contributed by atoms with van der Waals surface area (Å²) in [6.07, 6.45) is 3.07. The molecule has 3 heterocycles. The predicted molar refractivity (Wildman–Crippen MR) is 93.0 cm³/mol. The highest BCUT2D eigenvalue weighted by atomic mass is 32.2. The average molecular weight is 360 g/mol. The summed E-state index contributed by atoms with van der Waals surface area (Å²) >= 11 is 0. The van der Waals surface area contributed by atoms with Gasteiger partial charge in [-0.15, -0.1) is 0 Å². The van der Waals surface area contributed by atoms with Gasteiger partial charge in [0.2, 0.25) is 9.84 Å². The Hall–Kier alpha value is -2.45. The van der Waals surface area contributed by atoms with Crippen LogP contribution in [0.4, 0.5) is 10.2 Å². The summed E-state index contributed by atoms with van der Waals surface area (Å²) in [6.45, 7) is 3.31. The first-order valence-electron chi connectivity index (χ1n) is 8.00. The van der Waals surface area contributed by atoms with Gasteiger partial charge < -0.3 is 15.2 Å². The molecule has 1 aliphatic heterocycles. The molecular formula is C17H17FN4O2S. The van der Waals surface area contributed by atoms with Crippen LogP contribution in [0.1, 0.15) is 0 Å². The number of nitrogens with zero attached hydrogens (tertiary/aromatic N) is 2. The molecule has 6 nitrogen and oxygen atoms in total. The van der Waals surface area contributed by atoms with Crippen molar-refractivity contribution in [3.63, 3.8) is 0 Å². The van der Waals surface area contributed by atoms with Gasteiger partial charge >= 0.3 is 0 Å². The number of H-pyrrole nitrogens is 1. The zero-order valence-electron chi connectivity index (χ0n) is 13.4. The lowest BCUT2D eigenvalue weighted by Gasteiger charge is -2.28. The molecule has 0 bridgehead atoms. The predicted octanol–water partition coefficient (Wildman–Crippen LogP) is 1.94. The Labute approximate surface area is 144 Å². The van der Waals surface area contributed by atoms with Crippen molar-refractivity contribution >= 4 is 26.6 Å². The minimum Gasteiger partial charge on any atom is -0.357 e. The number of hydrogen-bond acceptors (Lipinski definition) is 5. The lowest BCUT2D eigenvalue weighted by atomic mass is 10.2. The average Bonchev–Trinajstić information content (AvgIpc) is 3.07. The van der Waals surface area contributed by atoms with Crippen molar-refractivity contribution in [2.24, 2.45) is 0 Å². The quantitative estimate of drug-likeness (QED) is 0.746.